The molecule has 0 bridgehead atoms. The number of aromatic nitrogens is 1. The zero-order valence-corrected chi connectivity index (χ0v) is 31.2. The molecule has 2 aromatic rings. The third-order valence-electron chi connectivity index (χ3n) is 8.79. The van der Waals surface area contributed by atoms with Crippen molar-refractivity contribution in [1.82, 2.24) is 14.9 Å². The van der Waals surface area contributed by atoms with Crippen LogP contribution < -0.4 is 15.2 Å². The highest BCUT2D eigenvalue weighted by atomic mass is 32.2. The SMILES string of the molecule is CCCCCCCCCCCCCCCCCCNC(=O)OCC(CN(C(C)=O)S(=O)(=O)CCC[n+]1cccc2ccccc21)NC(C)=O. The Labute approximate surface area is 295 Å². The zero-order chi connectivity index (χ0) is 35.7. The van der Waals surface area contributed by atoms with Crippen molar-refractivity contribution in [1.29, 1.82) is 0 Å². The molecule has 49 heavy (non-hydrogen) atoms. The van der Waals surface area contributed by atoms with Crippen LogP contribution in [0, 0.1) is 0 Å². The Morgan fingerprint density at radius 3 is 1.90 bits per heavy atom. The fourth-order valence-corrected chi connectivity index (χ4v) is 7.61. The molecular weight excluding hydrogens is 641 g/mol. The first-order chi connectivity index (χ1) is 23.6. The topological polar surface area (TPSA) is 126 Å². The molecule has 10 nitrogen and oxygen atoms in total. The highest BCUT2D eigenvalue weighted by Gasteiger charge is 2.29. The lowest BCUT2D eigenvalue weighted by molar-refractivity contribution is -0.671. The third kappa shape index (κ3) is 18.4. The van der Waals surface area contributed by atoms with Crippen molar-refractivity contribution in [2.24, 2.45) is 0 Å². The fraction of sp³-hybridized carbons (Fsp3) is 0.684. The number of ether oxygens (including phenoxy) is 1. The van der Waals surface area contributed by atoms with Gasteiger partial charge in [-0.15, -0.1) is 0 Å². The van der Waals surface area contributed by atoms with Crippen LogP contribution in [0.2, 0.25) is 0 Å². The number of aryl methyl sites for hydroxylation is 1. The zero-order valence-electron chi connectivity index (χ0n) is 30.4. The van der Waals surface area contributed by atoms with Gasteiger partial charge in [-0.05, 0) is 18.6 Å². The number of pyridine rings is 1. The summed E-state index contributed by atoms with van der Waals surface area (Å²) in [7, 11) is -3.99. The first-order valence-corrected chi connectivity index (χ1v) is 20.3. The lowest BCUT2D eigenvalue weighted by Crippen LogP contribution is -2.50. The number of alkyl carbamates (subject to hydrolysis) is 1. The monoisotopic (exact) mass is 703 g/mol. The minimum Gasteiger partial charge on any atom is -0.447 e. The van der Waals surface area contributed by atoms with Gasteiger partial charge in [0.05, 0.1) is 18.3 Å². The first-order valence-electron chi connectivity index (χ1n) is 18.7. The molecule has 0 aliphatic heterocycles. The van der Waals surface area contributed by atoms with Crippen molar-refractivity contribution >= 4 is 38.8 Å². The summed E-state index contributed by atoms with van der Waals surface area (Å²) in [5.74, 6) is -1.34. The Morgan fingerprint density at radius 1 is 0.776 bits per heavy atom. The van der Waals surface area contributed by atoms with Gasteiger partial charge in [-0.1, -0.05) is 115 Å². The van der Waals surface area contributed by atoms with E-state index in [1.165, 1.54) is 97.3 Å². The van der Waals surface area contributed by atoms with E-state index in [1.807, 2.05) is 47.2 Å². The van der Waals surface area contributed by atoms with Gasteiger partial charge < -0.3 is 15.4 Å². The van der Waals surface area contributed by atoms with Crippen molar-refractivity contribution < 1.29 is 32.1 Å². The Kier molecular flexibility index (Phi) is 21.3. The normalized spacial score (nSPS) is 12.1. The number of carbonyl (C=O) groups excluding carboxylic acids is 3. The van der Waals surface area contributed by atoms with Crippen molar-refractivity contribution in [3.05, 3.63) is 42.6 Å². The van der Waals surface area contributed by atoms with Gasteiger partial charge >= 0.3 is 6.09 Å². The summed E-state index contributed by atoms with van der Waals surface area (Å²) in [5, 5.41) is 6.39. The number of nitrogens with one attached hydrogen (secondary N) is 2. The summed E-state index contributed by atoms with van der Waals surface area (Å²) < 4.78 is 34.5. The Hall–Kier alpha value is -3.21. The van der Waals surface area contributed by atoms with Crippen LogP contribution in [0.15, 0.2) is 42.6 Å². The molecule has 0 saturated heterocycles. The van der Waals surface area contributed by atoms with Crippen LogP contribution in [0.25, 0.3) is 10.9 Å². The number of amides is 3. The Morgan fingerprint density at radius 2 is 1.33 bits per heavy atom. The highest BCUT2D eigenvalue weighted by Crippen LogP contribution is 2.14. The van der Waals surface area contributed by atoms with Crippen molar-refractivity contribution in [3.63, 3.8) is 0 Å². The van der Waals surface area contributed by atoms with E-state index in [2.05, 4.69) is 17.6 Å². The molecule has 0 aliphatic carbocycles. The molecule has 1 aromatic carbocycles. The fourth-order valence-electron chi connectivity index (χ4n) is 6.10. The standard InChI is InChI=1S/C38H62N4O6S/c1-4-5-6-7-8-9-10-11-12-13-14-15-16-17-18-21-27-39-38(45)48-32-36(40-33(2)43)31-42(34(3)44)49(46,47)30-23-29-41-28-22-25-35-24-19-20-26-37(35)41/h19-20,22,24-26,28,36H,4-18,21,23,27,29-32H2,1-3H3,(H-,39,40,43,45)/p+1. The van der Waals surface area contributed by atoms with Gasteiger partial charge in [0, 0.05) is 44.3 Å². The van der Waals surface area contributed by atoms with Gasteiger partial charge in [0.2, 0.25) is 27.4 Å². The largest absolute Gasteiger partial charge is 0.447 e. The van der Waals surface area contributed by atoms with E-state index >= 15 is 0 Å². The predicted octanol–water partition coefficient (Wildman–Crippen LogP) is 7.19. The summed E-state index contributed by atoms with van der Waals surface area (Å²) in [6.07, 6.45) is 22.0. The molecule has 276 valence electrons. The van der Waals surface area contributed by atoms with E-state index < -0.39 is 34.0 Å². The molecule has 1 atom stereocenters. The summed E-state index contributed by atoms with van der Waals surface area (Å²) in [5.41, 5.74) is 0.988. The summed E-state index contributed by atoms with van der Waals surface area (Å²) in [6.45, 7) is 5.05. The Balaban J connectivity index is 1.63. The van der Waals surface area contributed by atoms with Crippen LogP contribution in [0.3, 0.4) is 0 Å². The van der Waals surface area contributed by atoms with Gasteiger partial charge in [-0.25, -0.2) is 17.5 Å². The molecule has 1 unspecified atom stereocenters. The molecule has 0 spiro atoms. The molecule has 3 amide bonds. The summed E-state index contributed by atoms with van der Waals surface area (Å²) in [4.78, 5) is 36.6. The molecule has 0 saturated carbocycles. The number of benzene rings is 1. The van der Waals surface area contributed by atoms with E-state index in [-0.39, 0.29) is 25.3 Å². The molecule has 1 aromatic heterocycles. The molecule has 0 aliphatic rings. The van der Waals surface area contributed by atoms with Gasteiger partial charge in [-0.3, -0.25) is 9.59 Å². The second-order valence-electron chi connectivity index (χ2n) is 13.2. The van der Waals surface area contributed by atoms with E-state index in [4.69, 9.17) is 4.74 Å². The number of hydrogen-bond donors (Lipinski definition) is 2. The number of para-hydroxylation sites is 1. The molecule has 11 heteroatoms. The lowest BCUT2D eigenvalue weighted by atomic mass is 10.0. The van der Waals surface area contributed by atoms with Crippen LogP contribution in [0.5, 0.6) is 0 Å². The smallest absolute Gasteiger partial charge is 0.407 e. The Bertz CT molecular complexity index is 1350. The van der Waals surface area contributed by atoms with E-state index in [9.17, 15) is 22.8 Å². The molecule has 0 fully saturated rings. The number of carbonyl (C=O) groups is 3. The molecule has 0 radical (unpaired) electrons. The number of sulfonamides is 1. The second-order valence-corrected chi connectivity index (χ2v) is 15.2. The van der Waals surface area contributed by atoms with Crippen molar-refractivity contribution in [2.45, 2.75) is 143 Å². The average Bonchev–Trinajstić information content (AvgIpc) is 3.07. The van der Waals surface area contributed by atoms with Crippen LogP contribution in [0.1, 0.15) is 130 Å². The highest BCUT2D eigenvalue weighted by molar-refractivity contribution is 7.89. The van der Waals surface area contributed by atoms with Crippen LogP contribution in [-0.2, 0) is 30.9 Å². The molecule has 1 heterocycles. The quantitative estimate of drug-likeness (QED) is 0.0750. The van der Waals surface area contributed by atoms with E-state index in [1.54, 1.807) is 0 Å². The third-order valence-corrected chi connectivity index (χ3v) is 10.7. The molecular formula is C38H63N4O6S+. The number of nitrogens with zero attached hydrogens (tertiary/aromatic N) is 2. The van der Waals surface area contributed by atoms with Gasteiger partial charge in [0.25, 0.3) is 0 Å². The van der Waals surface area contributed by atoms with Crippen LogP contribution >= 0.6 is 0 Å². The predicted molar refractivity (Wildman–Crippen MR) is 196 cm³/mol. The lowest BCUT2D eigenvalue weighted by Gasteiger charge is -2.26. The second kappa shape index (κ2) is 24.8. The first kappa shape index (κ1) is 42.0. The number of rotatable bonds is 27. The van der Waals surface area contributed by atoms with E-state index in [0.717, 1.165) is 34.5 Å². The maximum atomic E-state index is 13.2. The maximum absolute atomic E-state index is 13.2. The minimum atomic E-state index is -3.99. The number of fused-ring (bicyclic) bond motifs is 1. The van der Waals surface area contributed by atoms with Crippen LogP contribution in [0.4, 0.5) is 4.79 Å². The van der Waals surface area contributed by atoms with Gasteiger partial charge in [0.15, 0.2) is 6.20 Å². The number of unbranched alkanes of at least 4 members (excludes halogenated alkanes) is 15. The molecule has 2 rings (SSSR count). The van der Waals surface area contributed by atoms with E-state index in [0.29, 0.717) is 13.1 Å². The average molecular weight is 704 g/mol. The summed E-state index contributed by atoms with van der Waals surface area (Å²) in [6, 6.07) is 10.9. The maximum Gasteiger partial charge on any atom is 0.407 e. The number of hydrogen-bond acceptors (Lipinski definition) is 6. The van der Waals surface area contributed by atoms with Crippen LogP contribution in [-0.4, -0.2) is 62.1 Å². The van der Waals surface area contributed by atoms with Gasteiger partial charge in [0.1, 0.15) is 13.2 Å². The van der Waals surface area contributed by atoms with Gasteiger partial charge in [-0.2, -0.15) is 4.57 Å². The minimum absolute atomic E-state index is 0.254. The molecule has 2 N–H and O–H groups in total. The van der Waals surface area contributed by atoms with Crippen molar-refractivity contribution in [2.75, 3.05) is 25.4 Å². The van der Waals surface area contributed by atoms with Crippen molar-refractivity contribution in [3.8, 4) is 0 Å². The summed E-state index contributed by atoms with van der Waals surface area (Å²) >= 11 is 0.